The number of methoxy groups -OCH3 is 1. The van der Waals surface area contributed by atoms with Gasteiger partial charge in [0.2, 0.25) is 5.95 Å². The summed E-state index contributed by atoms with van der Waals surface area (Å²) in [6.45, 7) is 7.18. The van der Waals surface area contributed by atoms with Gasteiger partial charge in [-0.15, -0.1) is 0 Å². The number of aromatic nitrogens is 5. The molecule has 1 unspecified atom stereocenters. The molecule has 1 atom stereocenters. The van der Waals surface area contributed by atoms with Crippen molar-refractivity contribution in [1.29, 1.82) is 0 Å². The smallest absolute Gasteiger partial charge is 0.229 e. The van der Waals surface area contributed by atoms with E-state index in [-0.39, 0.29) is 17.0 Å². The van der Waals surface area contributed by atoms with Crippen molar-refractivity contribution >= 4 is 51.5 Å². The van der Waals surface area contributed by atoms with E-state index in [9.17, 15) is 4.57 Å². The average Bonchev–Trinajstić information content (AvgIpc) is 3.37. The van der Waals surface area contributed by atoms with Gasteiger partial charge in [0.25, 0.3) is 0 Å². The Balaban J connectivity index is 1.46. The largest absolute Gasteiger partial charge is 0.496 e. The molecule has 11 nitrogen and oxygen atoms in total. The highest BCUT2D eigenvalue weighted by Gasteiger charge is 2.26. The average molecular weight is 645 g/mol. The van der Waals surface area contributed by atoms with Crippen LogP contribution in [0.25, 0.3) is 11.3 Å². The van der Waals surface area contributed by atoms with Gasteiger partial charge in [-0.3, -0.25) is 0 Å². The number of anilines is 4. The van der Waals surface area contributed by atoms with Crippen LogP contribution in [0, 0.1) is 12.7 Å². The molecule has 5 rings (SSSR count). The minimum atomic E-state index is -3.08. The van der Waals surface area contributed by atoms with Crippen LogP contribution in [0.1, 0.15) is 17.2 Å². The zero-order valence-corrected chi connectivity index (χ0v) is 25.8. The lowest BCUT2D eigenvalue weighted by molar-refractivity contribution is 0.0262. The van der Waals surface area contributed by atoms with Crippen molar-refractivity contribution in [2.24, 2.45) is 7.05 Å². The van der Waals surface area contributed by atoms with Crippen LogP contribution in [0.2, 0.25) is 0 Å². The molecule has 1 aliphatic rings. The summed E-state index contributed by atoms with van der Waals surface area (Å²) in [5, 5.41) is 18.0. The Bertz CT molecular complexity index is 1640. The molecule has 0 aliphatic carbocycles. The maximum Gasteiger partial charge on any atom is 0.229 e. The van der Waals surface area contributed by atoms with Gasteiger partial charge >= 0.3 is 0 Å². The molecule has 3 heterocycles. The molecule has 41 heavy (non-hydrogen) atoms. The van der Waals surface area contributed by atoms with E-state index in [0.717, 1.165) is 23.4 Å². The molecule has 1 saturated heterocycles. The number of nitrogens with one attached hydrogen (secondary N) is 3. The summed E-state index contributed by atoms with van der Waals surface area (Å²) in [4.78, 5) is 10.4. The van der Waals surface area contributed by atoms with Crippen LogP contribution in [0.4, 0.5) is 27.5 Å². The molecular weight excluding hydrogens is 614 g/mol. The van der Waals surface area contributed by atoms with Gasteiger partial charge in [-0.05, 0) is 59.9 Å². The van der Waals surface area contributed by atoms with Crippen molar-refractivity contribution in [2.45, 2.75) is 13.0 Å². The second-order valence-electron chi connectivity index (χ2n) is 10.0. The fourth-order valence-electron chi connectivity index (χ4n) is 4.66. The van der Waals surface area contributed by atoms with E-state index in [4.69, 9.17) is 9.47 Å². The van der Waals surface area contributed by atoms with E-state index in [1.807, 2.05) is 19.1 Å². The maximum atomic E-state index is 15.8. The first-order valence-electron chi connectivity index (χ1n) is 12.9. The monoisotopic (exact) mass is 644 g/mol. The first kappa shape index (κ1) is 29.1. The van der Waals surface area contributed by atoms with E-state index in [0.29, 0.717) is 46.5 Å². The molecule has 14 heteroatoms. The minimum absolute atomic E-state index is 0.0660. The van der Waals surface area contributed by atoms with Crippen molar-refractivity contribution in [2.75, 3.05) is 50.8 Å². The summed E-state index contributed by atoms with van der Waals surface area (Å²) in [7, 11) is 0.192. The number of ether oxygens (including phenoxy) is 2. The predicted octanol–water partition coefficient (Wildman–Crippen LogP) is 4.89. The van der Waals surface area contributed by atoms with Gasteiger partial charge in [0.15, 0.2) is 0 Å². The predicted molar refractivity (Wildman–Crippen MR) is 161 cm³/mol. The third-order valence-electron chi connectivity index (χ3n) is 6.63. The highest BCUT2D eigenvalue weighted by Crippen LogP contribution is 2.42. The van der Waals surface area contributed by atoms with Gasteiger partial charge in [-0.25, -0.2) is 9.37 Å². The molecule has 4 aromatic rings. The Morgan fingerprint density at radius 1 is 1.22 bits per heavy atom. The highest BCUT2D eigenvalue weighted by atomic mass is 79.9. The second kappa shape index (κ2) is 11.8. The molecule has 0 radical (unpaired) electrons. The van der Waals surface area contributed by atoms with Gasteiger partial charge in [0.05, 0.1) is 41.5 Å². The summed E-state index contributed by atoms with van der Waals surface area (Å²) >= 11 is 3.47. The highest BCUT2D eigenvalue weighted by molar-refractivity contribution is 9.10. The third kappa shape index (κ3) is 6.28. The molecule has 1 aliphatic heterocycles. The zero-order chi connectivity index (χ0) is 29.3. The quantitative estimate of drug-likeness (QED) is 0.228. The van der Waals surface area contributed by atoms with Crippen LogP contribution in [-0.2, 0) is 16.3 Å². The number of morpholine rings is 1. The van der Waals surface area contributed by atoms with E-state index in [2.05, 4.69) is 52.0 Å². The lowest BCUT2D eigenvalue weighted by Crippen LogP contribution is -2.33. The second-order valence-corrected chi connectivity index (χ2v) is 14.0. The molecule has 1 fully saturated rings. The molecule has 0 spiro atoms. The normalized spacial score (nSPS) is 15.5. The molecular formula is C27H31BrFN8O3P. The van der Waals surface area contributed by atoms with E-state index >= 15 is 4.39 Å². The molecule has 216 valence electrons. The molecule has 2 aromatic carbocycles. The number of hydrogen-bond acceptors (Lipinski definition) is 10. The van der Waals surface area contributed by atoms with Crippen molar-refractivity contribution in [3.63, 3.8) is 0 Å². The lowest BCUT2D eigenvalue weighted by Gasteiger charge is -2.26. The number of benzene rings is 2. The Kier molecular flexibility index (Phi) is 8.42. The SMILES string of the molecule is COc1cc(Nc2ncc(Br)c(Nc3ccc(-c4cnn(C)n4)c(F)c3P(C)(C)=O)n2)c(C)cc1C1CNCCO1. The summed E-state index contributed by atoms with van der Waals surface area (Å²) < 4.78 is 41.2. The number of halogens is 2. The van der Waals surface area contributed by atoms with Crippen molar-refractivity contribution in [3.8, 4) is 17.0 Å². The zero-order valence-electron chi connectivity index (χ0n) is 23.3. The standard InChI is InChI=1S/C27H31BrFN8O3P/c1-15-10-17(23-14-30-8-9-40-23)22(39-3)11-20(15)34-27-31-12-18(28)26(35-27)33-19-7-6-16(21-13-32-37(2)36-21)24(29)25(19)41(4,5)38/h6-7,10-13,23,30H,8-9,14H2,1-5H3,(H2,31,33,34,35). The first-order chi connectivity index (χ1) is 19.5. The number of aryl methyl sites for hydroxylation is 2. The van der Waals surface area contributed by atoms with Crippen LogP contribution in [0.3, 0.4) is 0 Å². The molecule has 3 N–H and O–H groups in total. The number of hydrogen-bond donors (Lipinski definition) is 3. The van der Waals surface area contributed by atoms with Crippen molar-refractivity contribution in [1.82, 2.24) is 30.3 Å². The van der Waals surface area contributed by atoms with Gasteiger partial charge in [-0.2, -0.15) is 20.0 Å². The van der Waals surface area contributed by atoms with Gasteiger partial charge in [-0.1, -0.05) is 0 Å². The van der Waals surface area contributed by atoms with Crippen molar-refractivity contribution in [3.05, 3.63) is 58.1 Å². The van der Waals surface area contributed by atoms with Crippen LogP contribution >= 0.6 is 23.1 Å². The fourth-order valence-corrected chi connectivity index (χ4v) is 6.25. The van der Waals surface area contributed by atoms with Gasteiger partial charge in [0.1, 0.15) is 30.2 Å². The Morgan fingerprint density at radius 2 is 2.02 bits per heavy atom. The number of nitrogens with zero attached hydrogens (tertiary/aromatic N) is 5. The van der Waals surface area contributed by atoms with Crippen LogP contribution in [0.5, 0.6) is 5.75 Å². The molecule has 0 bridgehead atoms. The third-order valence-corrected chi connectivity index (χ3v) is 8.72. The van der Waals surface area contributed by atoms with Gasteiger partial charge < -0.3 is 30.0 Å². The molecule has 2 aromatic heterocycles. The van der Waals surface area contributed by atoms with Crippen molar-refractivity contribution < 1.29 is 18.4 Å². The van der Waals surface area contributed by atoms with E-state index in [1.165, 1.54) is 24.3 Å². The number of rotatable bonds is 8. The minimum Gasteiger partial charge on any atom is -0.496 e. The van der Waals surface area contributed by atoms with E-state index in [1.54, 1.807) is 32.5 Å². The maximum absolute atomic E-state index is 15.8. The van der Waals surface area contributed by atoms with E-state index < -0.39 is 13.0 Å². The lowest BCUT2D eigenvalue weighted by atomic mass is 10.0. The topological polar surface area (TPSA) is 128 Å². The van der Waals surface area contributed by atoms with Crippen LogP contribution in [0.15, 0.2) is 41.1 Å². The summed E-state index contributed by atoms with van der Waals surface area (Å²) in [5.74, 6) is 0.741. The molecule has 0 amide bonds. The van der Waals surface area contributed by atoms with Gasteiger partial charge in [0, 0.05) is 49.2 Å². The molecule has 0 saturated carbocycles. The Morgan fingerprint density at radius 3 is 2.68 bits per heavy atom. The van der Waals surface area contributed by atoms with Crippen LogP contribution < -0.4 is 26.0 Å². The van der Waals surface area contributed by atoms with Crippen LogP contribution in [-0.4, -0.2) is 65.1 Å². The Hall–Kier alpha value is -3.38. The first-order valence-corrected chi connectivity index (χ1v) is 16.3. The summed E-state index contributed by atoms with van der Waals surface area (Å²) in [6.07, 6.45) is 2.95. The fraction of sp³-hybridized carbons (Fsp3) is 0.333. The Labute approximate surface area is 245 Å². The summed E-state index contributed by atoms with van der Waals surface area (Å²) in [6, 6.07) is 7.17. The summed E-state index contributed by atoms with van der Waals surface area (Å²) in [5.41, 5.74) is 3.58.